The molecule has 2 fully saturated rings. The zero-order chi connectivity index (χ0) is 27.1. The fraction of sp³-hybridized carbons (Fsp3) is 0.433. The highest BCUT2D eigenvalue weighted by Gasteiger charge is 2.39. The van der Waals surface area contributed by atoms with Crippen molar-refractivity contribution >= 4 is 29.3 Å². The van der Waals surface area contributed by atoms with Crippen molar-refractivity contribution in [3.05, 3.63) is 82.2 Å². The number of hydrogen-bond acceptors (Lipinski definition) is 6. The third-order valence-electron chi connectivity index (χ3n) is 8.38. The maximum atomic E-state index is 12.8. The summed E-state index contributed by atoms with van der Waals surface area (Å²) in [6.07, 6.45) is 11.3. The Morgan fingerprint density at radius 3 is 2.64 bits per heavy atom. The van der Waals surface area contributed by atoms with Gasteiger partial charge in [-0.15, -0.1) is 0 Å². The van der Waals surface area contributed by atoms with Gasteiger partial charge >= 0.3 is 6.09 Å². The molecule has 0 bridgehead atoms. The van der Waals surface area contributed by atoms with E-state index in [1.165, 1.54) is 0 Å². The van der Waals surface area contributed by atoms with E-state index in [9.17, 15) is 9.90 Å². The van der Waals surface area contributed by atoms with Crippen LogP contribution in [0, 0.1) is 0 Å². The van der Waals surface area contributed by atoms with E-state index in [-0.39, 0.29) is 18.2 Å². The first-order valence-electron chi connectivity index (χ1n) is 13.7. The Morgan fingerprint density at radius 2 is 1.92 bits per heavy atom. The molecule has 2 atom stereocenters. The highest BCUT2D eigenvalue weighted by atomic mass is 35.5. The maximum absolute atomic E-state index is 12.8. The van der Waals surface area contributed by atoms with Crippen LogP contribution in [0.25, 0.3) is 11.6 Å². The van der Waals surface area contributed by atoms with Crippen LogP contribution in [0.1, 0.15) is 66.7 Å². The van der Waals surface area contributed by atoms with E-state index >= 15 is 0 Å². The van der Waals surface area contributed by atoms with Gasteiger partial charge in [-0.1, -0.05) is 23.7 Å². The number of imidazole rings is 1. The standard InChI is InChI=1S/C30H34ClN5O3/c1-30(38,26-18-32-19-34(26)2)25-16-20-6-5-11-33-27(20)28(23-10-9-21(31)17-24(23)25)35-12-14-36(15-13-35)29(37)39-22-7-3-4-8-22/h5-6,9-11,16-19,22,28,38H,3-4,7-8,12-15H2,1-2H3/t28-,30-/m0/s1. The third-order valence-corrected chi connectivity index (χ3v) is 8.61. The number of ether oxygens (including phenoxy) is 1. The maximum Gasteiger partial charge on any atom is 0.410 e. The number of rotatable bonds is 4. The molecule has 3 heterocycles. The molecule has 1 saturated carbocycles. The predicted molar refractivity (Wildman–Crippen MR) is 150 cm³/mol. The molecule has 1 N–H and O–H groups in total. The number of aromatic nitrogens is 3. The molecule has 9 heteroatoms. The Kier molecular flexibility index (Phi) is 6.95. The second-order valence-corrected chi connectivity index (χ2v) is 11.4. The van der Waals surface area contributed by atoms with Crippen molar-refractivity contribution < 1.29 is 14.6 Å². The van der Waals surface area contributed by atoms with E-state index < -0.39 is 5.60 Å². The number of nitrogens with zero attached hydrogens (tertiary/aromatic N) is 5. The van der Waals surface area contributed by atoms with Gasteiger partial charge in [0.1, 0.15) is 11.7 Å². The molecule has 3 aliphatic rings. The number of carbonyl (C=O) groups is 1. The summed E-state index contributed by atoms with van der Waals surface area (Å²) in [6.45, 7) is 4.32. The Morgan fingerprint density at radius 1 is 1.15 bits per heavy atom. The quantitative estimate of drug-likeness (QED) is 0.494. The fourth-order valence-electron chi connectivity index (χ4n) is 6.28. The first kappa shape index (κ1) is 26.0. The zero-order valence-corrected chi connectivity index (χ0v) is 23.1. The van der Waals surface area contributed by atoms with Crippen LogP contribution in [0.5, 0.6) is 0 Å². The summed E-state index contributed by atoms with van der Waals surface area (Å²) in [4.78, 5) is 26.1. The summed E-state index contributed by atoms with van der Waals surface area (Å²) in [6, 6.07) is 9.66. The molecule has 1 aromatic carbocycles. The summed E-state index contributed by atoms with van der Waals surface area (Å²) in [7, 11) is 1.88. The SMILES string of the molecule is Cn1cncc1[C@@](C)(O)C1=Cc2cccnc2[C@@H](N2CCN(C(=O)OC3CCCC3)CC2)c2ccc(Cl)cc21. The van der Waals surface area contributed by atoms with Crippen molar-refractivity contribution in [2.24, 2.45) is 7.05 Å². The summed E-state index contributed by atoms with van der Waals surface area (Å²) in [5.74, 6) is 0. The molecule has 0 unspecified atom stereocenters. The first-order chi connectivity index (χ1) is 18.8. The van der Waals surface area contributed by atoms with E-state index in [4.69, 9.17) is 21.3 Å². The van der Waals surface area contributed by atoms with Gasteiger partial charge in [0.2, 0.25) is 0 Å². The van der Waals surface area contributed by atoms with Crippen LogP contribution in [0.3, 0.4) is 0 Å². The van der Waals surface area contributed by atoms with Gasteiger partial charge in [-0.05, 0) is 79.1 Å². The van der Waals surface area contributed by atoms with Crippen molar-refractivity contribution in [1.29, 1.82) is 0 Å². The Labute approximate surface area is 233 Å². The van der Waals surface area contributed by atoms with Crippen LogP contribution < -0.4 is 0 Å². The predicted octanol–water partition coefficient (Wildman–Crippen LogP) is 5.02. The molecule has 2 aromatic heterocycles. The summed E-state index contributed by atoms with van der Waals surface area (Å²) in [5, 5.41) is 12.6. The van der Waals surface area contributed by atoms with Crippen LogP contribution in [0.4, 0.5) is 4.79 Å². The highest BCUT2D eigenvalue weighted by molar-refractivity contribution is 6.30. The van der Waals surface area contributed by atoms with Crippen molar-refractivity contribution in [3.8, 4) is 0 Å². The average molecular weight is 548 g/mol. The van der Waals surface area contributed by atoms with E-state index in [0.29, 0.717) is 36.9 Å². The molecule has 1 amide bonds. The van der Waals surface area contributed by atoms with Gasteiger partial charge in [0, 0.05) is 44.4 Å². The lowest BCUT2D eigenvalue weighted by Crippen LogP contribution is -2.50. The monoisotopic (exact) mass is 547 g/mol. The molecule has 39 heavy (non-hydrogen) atoms. The molecule has 3 aromatic rings. The molecule has 0 radical (unpaired) electrons. The lowest BCUT2D eigenvalue weighted by atomic mass is 9.84. The van der Waals surface area contributed by atoms with Crippen LogP contribution >= 0.6 is 11.6 Å². The fourth-order valence-corrected chi connectivity index (χ4v) is 6.46. The molecule has 1 saturated heterocycles. The largest absolute Gasteiger partial charge is 0.446 e. The van der Waals surface area contributed by atoms with E-state index in [1.54, 1.807) is 19.4 Å². The minimum Gasteiger partial charge on any atom is -0.446 e. The van der Waals surface area contributed by atoms with Crippen molar-refractivity contribution in [3.63, 3.8) is 0 Å². The number of amides is 1. The Bertz CT molecular complexity index is 1400. The molecule has 6 rings (SSSR count). The Balaban J connectivity index is 1.36. The van der Waals surface area contributed by atoms with Gasteiger partial charge in [-0.25, -0.2) is 9.78 Å². The molecule has 204 valence electrons. The zero-order valence-electron chi connectivity index (χ0n) is 22.4. The number of aryl methyl sites for hydroxylation is 1. The molecule has 2 aliphatic carbocycles. The minimum absolute atomic E-state index is 0.0572. The van der Waals surface area contributed by atoms with Gasteiger partial charge in [-0.3, -0.25) is 9.88 Å². The molecular formula is C30H34ClN5O3. The lowest BCUT2D eigenvalue weighted by molar-refractivity contribution is 0.0433. The van der Waals surface area contributed by atoms with Crippen LogP contribution in [0.2, 0.25) is 5.02 Å². The van der Waals surface area contributed by atoms with Crippen molar-refractivity contribution in [2.75, 3.05) is 26.2 Å². The third kappa shape index (κ3) is 4.86. The molecule has 8 nitrogen and oxygen atoms in total. The van der Waals surface area contributed by atoms with Gasteiger partial charge in [-0.2, -0.15) is 0 Å². The van der Waals surface area contributed by atoms with Gasteiger partial charge in [0.15, 0.2) is 0 Å². The molecule has 0 spiro atoms. The summed E-state index contributed by atoms with van der Waals surface area (Å²) >= 11 is 6.56. The average Bonchev–Trinajstić information content (AvgIpc) is 3.58. The van der Waals surface area contributed by atoms with E-state index in [1.807, 2.05) is 59.1 Å². The van der Waals surface area contributed by atoms with Gasteiger partial charge in [0.05, 0.1) is 30.0 Å². The number of piperazine rings is 1. The second-order valence-electron chi connectivity index (χ2n) is 10.9. The normalized spacial score (nSPS) is 21.5. The first-order valence-corrected chi connectivity index (χ1v) is 14.1. The number of carbonyl (C=O) groups excluding carboxylic acids is 1. The van der Waals surface area contributed by atoms with Crippen LogP contribution in [-0.4, -0.2) is 67.8 Å². The van der Waals surface area contributed by atoms with E-state index in [0.717, 1.165) is 53.6 Å². The molecule has 1 aliphatic heterocycles. The molecular weight excluding hydrogens is 514 g/mol. The highest BCUT2D eigenvalue weighted by Crippen LogP contribution is 2.46. The summed E-state index contributed by atoms with van der Waals surface area (Å²) < 4.78 is 7.61. The number of fused-ring (bicyclic) bond motifs is 2. The number of hydrogen-bond donors (Lipinski definition) is 1. The number of halogens is 1. The van der Waals surface area contributed by atoms with Crippen LogP contribution in [-0.2, 0) is 17.4 Å². The number of pyridine rings is 1. The number of benzene rings is 1. The van der Waals surface area contributed by atoms with Crippen molar-refractivity contribution in [1.82, 2.24) is 24.3 Å². The topological polar surface area (TPSA) is 83.7 Å². The number of aliphatic hydroxyl groups is 1. The second kappa shape index (κ2) is 10.4. The summed E-state index contributed by atoms with van der Waals surface area (Å²) in [5.41, 5.74) is 3.83. The smallest absolute Gasteiger partial charge is 0.410 e. The lowest BCUT2D eigenvalue weighted by Gasteiger charge is -2.39. The van der Waals surface area contributed by atoms with E-state index in [2.05, 4.69) is 9.88 Å². The van der Waals surface area contributed by atoms with Crippen molar-refractivity contribution in [2.45, 2.75) is 50.4 Å². The van der Waals surface area contributed by atoms with Gasteiger partial charge < -0.3 is 19.3 Å². The minimum atomic E-state index is -1.34. The van der Waals surface area contributed by atoms with Crippen LogP contribution in [0.15, 0.2) is 49.1 Å². The Hall–Kier alpha value is -3.20. The van der Waals surface area contributed by atoms with Gasteiger partial charge in [0.25, 0.3) is 0 Å².